The van der Waals surface area contributed by atoms with Crippen molar-refractivity contribution >= 4 is 16.6 Å². The second-order valence-corrected chi connectivity index (χ2v) is 7.33. The van der Waals surface area contributed by atoms with E-state index < -0.39 is 34.8 Å². The van der Waals surface area contributed by atoms with Gasteiger partial charge in [-0.3, -0.25) is 14.2 Å². The van der Waals surface area contributed by atoms with E-state index in [1.54, 1.807) is 31.2 Å². The normalized spacial score (nSPS) is 29.1. The Bertz CT molecular complexity index is 1330. The Balaban J connectivity index is 2.07. The van der Waals surface area contributed by atoms with Crippen molar-refractivity contribution in [3.05, 3.63) is 70.5 Å². The summed E-state index contributed by atoms with van der Waals surface area (Å²) in [6, 6.07) is 7.35. The fourth-order valence-electron chi connectivity index (χ4n) is 4.62. The molecular formula is C22H19NO3. The molecule has 0 bridgehead atoms. The molecule has 3 aromatic rings. The van der Waals surface area contributed by atoms with Gasteiger partial charge in [0.25, 0.3) is 5.56 Å². The van der Waals surface area contributed by atoms with Gasteiger partial charge in [0.15, 0.2) is 5.72 Å². The molecule has 1 aliphatic carbocycles. The van der Waals surface area contributed by atoms with Crippen molar-refractivity contribution in [3.8, 4) is 11.1 Å². The van der Waals surface area contributed by atoms with Gasteiger partial charge in [-0.15, -0.1) is 0 Å². The molecular weight excluding hydrogens is 326 g/mol. The lowest BCUT2D eigenvalue weighted by Crippen LogP contribution is -2.47. The molecule has 2 atom stereocenters. The highest BCUT2D eigenvalue weighted by molar-refractivity contribution is 5.99. The average molecular weight is 349 g/mol. The molecule has 1 saturated carbocycles. The summed E-state index contributed by atoms with van der Waals surface area (Å²) in [7, 11) is 0. The van der Waals surface area contributed by atoms with Gasteiger partial charge in [0.2, 0.25) is 0 Å². The van der Waals surface area contributed by atoms with Crippen LogP contribution >= 0.6 is 0 Å². The predicted molar refractivity (Wildman–Crippen MR) is 99.9 cm³/mol. The topological polar surface area (TPSA) is 59.3 Å². The Morgan fingerprint density at radius 3 is 2.54 bits per heavy atom. The Morgan fingerprint density at radius 2 is 1.81 bits per heavy atom. The van der Waals surface area contributed by atoms with Crippen LogP contribution in [0.4, 0.5) is 0 Å². The molecule has 2 aliphatic rings. The lowest BCUT2D eigenvalue weighted by molar-refractivity contribution is -0.142. The molecule has 0 radical (unpaired) electrons. The third-order valence-electron chi connectivity index (χ3n) is 6.07. The number of carbonyl (C=O) groups is 1. The Labute approximate surface area is 156 Å². The number of benzene rings is 2. The Hall–Kier alpha value is -2.72. The van der Waals surface area contributed by atoms with Gasteiger partial charge in [-0.25, -0.2) is 0 Å². The molecule has 2 heterocycles. The van der Waals surface area contributed by atoms with Gasteiger partial charge >= 0.3 is 0 Å². The molecule has 5 rings (SSSR count). The SMILES string of the molecule is [2H]c1c([2H])c([2H])c2c(=O)n3c(c(-c4ccccc4)c2c1[2H])CC1(C)C(=O)CCC31O. The molecule has 1 N–H and O–H groups in total. The van der Waals surface area contributed by atoms with Crippen LogP contribution in [0.15, 0.2) is 59.3 Å². The van der Waals surface area contributed by atoms with Crippen molar-refractivity contribution in [3.63, 3.8) is 0 Å². The van der Waals surface area contributed by atoms with Gasteiger partial charge in [-0.1, -0.05) is 48.5 Å². The van der Waals surface area contributed by atoms with E-state index in [-0.39, 0.29) is 41.9 Å². The summed E-state index contributed by atoms with van der Waals surface area (Å²) < 4.78 is 34.3. The van der Waals surface area contributed by atoms with Gasteiger partial charge in [0.1, 0.15) is 5.78 Å². The first-order valence-electron chi connectivity index (χ1n) is 10.6. The molecule has 0 saturated heterocycles. The quantitative estimate of drug-likeness (QED) is 0.734. The number of hydrogen-bond donors (Lipinski definition) is 1. The summed E-state index contributed by atoms with van der Waals surface area (Å²) in [6.45, 7) is 1.66. The third-order valence-corrected chi connectivity index (χ3v) is 6.07. The summed E-state index contributed by atoms with van der Waals surface area (Å²) >= 11 is 0. The number of carbonyl (C=O) groups excluding carboxylic acids is 1. The molecule has 4 heteroatoms. The molecule has 130 valence electrons. The molecule has 2 unspecified atom stereocenters. The number of Topliss-reactive ketones (excluding diaryl/α,β-unsaturated/α-hetero) is 1. The number of aromatic nitrogens is 1. The standard InChI is InChI=1S/C22H19NO3/c1-21-13-17-19(14-7-3-2-4-8-14)15-9-5-6-10-16(15)20(25)23(17)22(21,26)12-11-18(21)24/h2-10,26H,11-13H2,1H3/i5D,6D,9D,10D. The summed E-state index contributed by atoms with van der Waals surface area (Å²) in [4.78, 5) is 26.3. The molecule has 1 fully saturated rings. The molecule has 4 nitrogen and oxygen atoms in total. The van der Waals surface area contributed by atoms with Crippen LogP contribution in [0, 0.1) is 5.41 Å². The number of aliphatic hydroxyl groups is 1. The van der Waals surface area contributed by atoms with Crippen molar-refractivity contribution < 1.29 is 15.4 Å². The fraction of sp³-hybridized carbons (Fsp3) is 0.273. The zero-order valence-electron chi connectivity index (χ0n) is 18.2. The minimum absolute atomic E-state index is 0.0975. The van der Waals surface area contributed by atoms with Crippen molar-refractivity contribution in [2.45, 2.75) is 31.9 Å². The molecule has 0 spiro atoms. The first-order valence-corrected chi connectivity index (χ1v) is 8.63. The van der Waals surface area contributed by atoms with Gasteiger partial charge in [0.05, 0.1) is 10.9 Å². The van der Waals surface area contributed by atoms with E-state index in [2.05, 4.69) is 0 Å². The number of rotatable bonds is 1. The van der Waals surface area contributed by atoms with E-state index >= 15 is 0 Å². The number of nitrogens with zero attached hydrogens (tertiary/aromatic N) is 1. The molecule has 0 amide bonds. The number of hydrogen-bond acceptors (Lipinski definition) is 3. The van der Waals surface area contributed by atoms with Crippen molar-refractivity contribution in [1.29, 1.82) is 0 Å². The van der Waals surface area contributed by atoms with E-state index in [1.807, 2.05) is 6.07 Å². The van der Waals surface area contributed by atoms with Crippen LogP contribution in [0.2, 0.25) is 0 Å². The summed E-state index contributed by atoms with van der Waals surface area (Å²) in [6.07, 6.45) is 0.380. The van der Waals surface area contributed by atoms with Gasteiger partial charge in [-0.05, 0) is 23.9 Å². The van der Waals surface area contributed by atoms with Gasteiger partial charge in [0, 0.05) is 35.9 Å². The van der Waals surface area contributed by atoms with Crippen LogP contribution < -0.4 is 5.56 Å². The third kappa shape index (κ3) is 1.68. The zero-order chi connectivity index (χ0) is 21.6. The van der Waals surface area contributed by atoms with Crippen LogP contribution in [0.1, 0.15) is 30.9 Å². The fourth-order valence-corrected chi connectivity index (χ4v) is 4.62. The van der Waals surface area contributed by atoms with Crippen LogP contribution in [0.25, 0.3) is 21.9 Å². The highest BCUT2D eigenvalue weighted by atomic mass is 16.3. The molecule has 1 aliphatic heterocycles. The predicted octanol–water partition coefficient (Wildman–Crippen LogP) is 3.24. The molecule has 26 heavy (non-hydrogen) atoms. The van der Waals surface area contributed by atoms with Gasteiger partial charge in [-0.2, -0.15) is 0 Å². The van der Waals surface area contributed by atoms with Crippen LogP contribution in [-0.2, 0) is 16.9 Å². The van der Waals surface area contributed by atoms with Crippen LogP contribution in [0.5, 0.6) is 0 Å². The second-order valence-electron chi connectivity index (χ2n) is 7.33. The minimum Gasteiger partial charge on any atom is -0.369 e. The van der Waals surface area contributed by atoms with Crippen molar-refractivity contribution in [1.82, 2.24) is 4.57 Å². The van der Waals surface area contributed by atoms with E-state index in [1.165, 1.54) is 4.57 Å². The lowest BCUT2D eigenvalue weighted by Gasteiger charge is -2.32. The van der Waals surface area contributed by atoms with E-state index in [9.17, 15) is 14.7 Å². The largest absolute Gasteiger partial charge is 0.369 e. The first kappa shape index (κ1) is 11.8. The number of pyridine rings is 1. The zero-order valence-corrected chi connectivity index (χ0v) is 14.2. The van der Waals surface area contributed by atoms with Gasteiger partial charge < -0.3 is 5.11 Å². The van der Waals surface area contributed by atoms with E-state index in [0.29, 0.717) is 16.8 Å². The molecule has 1 aromatic heterocycles. The maximum Gasteiger partial charge on any atom is 0.261 e. The van der Waals surface area contributed by atoms with Crippen molar-refractivity contribution in [2.24, 2.45) is 5.41 Å². The smallest absolute Gasteiger partial charge is 0.261 e. The van der Waals surface area contributed by atoms with Crippen LogP contribution in [0.3, 0.4) is 0 Å². The summed E-state index contributed by atoms with van der Waals surface area (Å²) in [5, 5.41) is 11.5. The van der Waals surface area contributed by atoms with Crippen molar-refractivity contribution in [2.75, 3.05) is 0 Å². The Morgan fingerprint density at radius 1 is 1.12 bits per heavy atom. The molecule has 2 aromatic carbocycles. The number of ketones is 1. The van der Waals surface area contributed by atoms with Crippen LogP contribution in [-0.4, -0.2) is 15.5 Å². The first-order chi connectivity index (χ1) is 14.1. The lowest BCUT2D eigenvalue weighted by atomic mass is 9.79. The average Bonchev–Trinajstić information content (AvgIpc) is 3.10. The maximum absolute atomic E-state index is 13.6. The second kappa shape index (κ2) is 4.92. The summed E-state index contributed by atoms with van der Waals surface area (Å²) in [5.74, 6) is -0.129. The minimum atomic E-state index is -1.72. The highest BCUT2D eigenvalue weighted by Gasteiger charge is 2.63. The van der Waals surface area contributed by atoms with E-state index in [0.717, 1.165) is 0 Å². The number of fused-ring (bicyclic) bond motifs is 4. The monoisotopic (exact) mass is 349 g/mol. The maximum atomic E-state index is 13.6. The Kier molecular flexibility index (Phi) is 2.24. The summed E-state index contributed by atoms with van der Waals surface area (Å²) in [5.41, 5.74) is -2.03. The van der Waals surface area contributed by atoms with E-state index in [4.69, 9.17) is 5.48 Å². The highest BCUT2D eigenvalue weighted by Crippen LogP contribution is 2.55.